The number of carbonyl (C=O) groups is 2. The number of aromatic nitrogens is 3. The number of hydrogen-bond donors (Lipinski definition) is 2. The number of carbonyl (C=O) groups excluding carboxylic acids is 2. The fourth-order valence-corrected chi connectivity index (χ4v) is 4.02. The molecule has 2 fully saturated rings. The van der Waals surface area contributed by atoms with Gasteiger partial charge in [0.1, 0.15) is 5.65 Å². The lowest BCUT2D eigenvalue weighted by molar-refractivity contribution is -0.137. The molecule has 178 valence electrons. The third kappa shape index (κ3) is 4.66. The second kappa shape index (κ2) is 9.01. The first-order valence-corrected chi connectivity index (χ1v) is 11.4. The first-order valence-electron chi connectivity index (χ1n) is 11.4. The number of aromatic hydroxyl groups is 1. The molecule has 3 heterocycles. The maximum atomic E-state index is 13.3. The van der Waals surface area contributed by atoms with Gasteiger partial charge < -0.3 is 20.1 Å². The Bertz CT molecular complexity index is 1160. The number of fused-ring (bicyclic) bond motifs is 1. The monoisotopic (exact) mass is 457 g/mol. The van der Waals surface area contributed by atoms with Gasteiger partial charge in [-0.3, -0.25) is 19.0 Å². The van der Waals surface area contributed by atoms with Crippen molar-refractivity contribution in [3.05, 3.63) is 33.8 Å². The van der Waals surface area contributed by atoms with Crippen molar-refractivity contribution in [2.45, 2.75) is 65.3 Å². The van der Waals surface area contributed by atoms with Crippen molar-refractivity contribution < 1.29 is 19.4 Å². The number of nitrogens with one attached hydrogen (secondary N) is 1. The van der Waals surface area contributed by atoms with Crippen molar-refractivity contribution in [2.75, 3.05) is 13.2 Å². The molecule has 0 unspecified atom stereocenters. The summed E-state index contributed by atoms with van der Waals surface area (Å²) < 4.78 is 8.22. The highest BCUT2D eigenvalue weighted by atomic mass is 16.5. The average Bonchev–Trinajstić information content (AvgIpc) is 3.46. The summed E-state index contributed by atoms with van der Waals surface area (Å²) in [5.74, 6) is -1.17. The van der Waals surface area contributed by atoms with Crippen LogP contribution in [0.4, 0.5) is 0 Å². The molecule has 33 heavy (non-hydrogen) atoms. The summed E-state index contributed by atoms with van der Waals surface area (Å²) in [6.07, 6.45) is 6.20. The molecule has 0 aromatic carbocycles. The van der Waals surface area contributed by atoms with Crippen molar-refractivity contribution >= 4 is 23.5 Å². The highest BCUT2D eigenvalue weighted by Crippen LogP contribution is 2.24. The Kier molecular flexibility index (Phi) is 6.29. The van der Waals surface area contributed by atoms with Crippen molar-refractivity contribution in [1.82, 2.24) is 24.4 Å². The zero-order valence-corrected chi connectivity index (χ0v) is 19.4. The van der Waals surface area contributed by atoms with E-state index in [1.165, 1.54) is 21.4 Å². The van der Waals surface area contributed by atoms with E-state index in [4.69, 9.17) is 4.74 Å². The third-order valence-electron chi connectivity index (χ3n) is 5.89. The molecule has 10 nitrogen and oxygen atoms in total. The summed E-state index contributed by atoms with van der Waals surface area (Å²) in [6, 6.07) is -0.00377. The fourth-order valence-electron chi connectivity index (χ4n) is 4.02. The van der Waals surface area contributed by atoms with Gasteiger partial charge in [-0.15, -0.1) is 0 Å². The van der Waals surface area contributed by atoms with Crippen LogP contribution < -0.4 is 10.9 Å². The molecule has 4 rings (SSSR count). The van der Waals surface area contributed by atoms with E-state index in [0.717, 1.165) is 12.8 Å². The van der Waals surface area contributed by atoms with E-state index in [2.05, 4.69) is 10.4 Å². The summed E-state index contributed by atoms with van der Waals surface area (Å²) in [6.45, 7) is 9.06. The van der Waals surface area contributed by atoms with E-state index >= 15 is 0 Å². The van der Waals surface area contributed by atoms with Crippen LogP contribution in [0.3, 0.4) is 0 Å². The predicted octanol–water partition coefficient (Wildman–Crippen LogP) is 1.40. The summed E-state index contributed by atoms with van der Waals surface area (Å²) >= 11 is 0. The second-order valence-electron chi connectivity index (χ2n) is 9.41. The Morgan fingerprint density at radius 1 is 1.33 bits per heavy atom. The lowest BCUT2D eigenvalue weighted by Crippen LogP contribution is -2.49. The van der Waals surface area contributed by atoms with E-state index in [9.17, 15) is 19.5 Å². The highest BCUT2D eigenvalue weighted by Gasteiger charge is 2.30. The van der Waals surface area contributed by atoms with Crippen LogP contribution in [0.15, 0.2) is 17.1 Å². The third-order valence-corrected chi connectivity index (χ3v) is 5.89. The number of morpholine rings is 1. The molecule has 0 bridgehead atoms. The molecular formula is C23H31N5O5. The van der Waals surface area contributed by atoms with Crippen molar-refractivity contribution in [3.63, 3.8) is 0 Å². The molecule has 1 aliphatic carbocycles. The van der Waals surface area contributed by atoms with Gasteiger partial charge in [0.05, 0.1) is 24.9 Å². The number of ether oxygens (including phenoxy) is 1. The normalized spacial score (nSPS) is 21.3. The predicted molar refractivity (Wildman–Crippen MR) is 122 cm³/mol. The summed E-state index contributed by atoms with van der Waals surface area (Å²) in [7, 11) is 0. The van der Waals surface area contributed by atoms with Gasteiger partial charge in [0.15, 0.2) is 5.56 Å². The SMILES string of the molecule is CC(C)Cn1c(=O)c(C(=O)NC2CC2)c(O)n2ncc(/C=C/C(=O)N3C[C@H](C)OC[C@H]3C)c12. The van der Waals surface area contributed by atoms with Gasteiger partial charge in [-0.2, -0.15) is 9.61 Å². The van der Waals surface area contributed by atoms with E-state index in [1.54, 1.807) is 11.0 Å². The Labute approximate surface area is 191 Å². The Balaban J connectivity index is 1.74. The van der Waals surface area contributed by atoms with Crippen LogP contribution in [-0.2, 0) is 16.1 Å². The largest absolute Gasteiger partial charge is 0.492 e. The minimum atomic E-state index is -0.599. The number of nitrogens with zero attached hydrogens (tertiary/aromatic N) is 4. The van der Waals surface area contributed by atoms with Crippen LogP contribution in [0.25, 0.3) is 11.7 Å². The van der Waals surface area contributed by atoms with Gasteiger partial charge >= 0.3 is 0 Å². The zero-order valence-electron chi connectivity index (χ0n) is 19.4. The average molecular weight is 458 g/mol. The minimum absolute atomic E-state index is 0.0381. The van der Waals surface area contributed by atoms with Gasteiger partial charge in [-0.1, -0.05) is 13.8 Å². The van der Waals surface area contributed by atoms with Gasteiger partial charge in [0.2, 0.25) is 11.8 Å². The van der Waals surface area contributed by atoms with Crippen molar-refractivity contribution in [2.24, 2.45) is 5.92 Å². The Morgan fingerprint density at radius 2 is 2.06 bits per heavy atom. The first kappa shape index (κ1) is 23.0. The Morgan fingerprint density at radius 3 is 2.73 bits per heavy atom. The maximum Gasteiger partial charge on any atom is 0.270 e. The topological polar surface area (TPSA) is 118 Å². The molecule has 0 radical (unpaired) electrons. The summed E-state index contributed by atoms with van der Waals surface area (Å²) in [4.78, 5) is 40.5. The van der Waals surface area contributed by atoms with E-state index < -0.39 is 17.3 Å². The molecule has 2 atom stereocenters. The molecule has 10 heteroatoms. The molecule has 2 amide bonds. The molecule has 2 N–H and O–H groups in total. The lowest BCUT2D eigenvalue weighted by Gasteiger charge is -2.36. The van der Waals surface area contributed by atoms with Gasteiger partial charge in [0.25, 0.3) is 11.5 Å². The van der Waals surface area contributed by atoms with E-state index in [0.29, 0.717) is 30.9 Å². The van der Waals surface area contributed by atoms with Crippen LogP contribution in [-0.4, -0.2) is 67.3 Å². The van der Waals surface area contributed by atoms with Crippen LogP contribution in [0.5, 0.6) is 5.88 Å². The zero-order chi connectivity index (χ0) is 23.9. The maximum absolute atomic E-state index is 13.3. The summed E-state index contributed by atoms with van der Waals surface area (Å²) in [5, 5.41) is 17.7. The second-order valence-corrected chi connectivity index (χ2v) is 9.41. The van der Waals surface area contributed by atoms with Crippen molar-refractivity contribution in [1.29, 1.82) is 0 Å². The van der Waals surface area contributed by atoms with Crippen molar-refractivity contribution in [3.8, 4) is 5.88 Å². The summed E-state index contributed by atoms with van der Waals surface area (Å²) in [5.41, 5.74) is -0.0639. The van der Waals surface area contributed by atoms with E-state index in [1.807, 2.05) is 27.7 Å². The molecule has 0 spiro atoms. The lowest BCUT2D eigenvalue weighted by atomic mass is 10.2. The molecule has 2 aliphatic rings. The van der Waals surface area contributed by atoms with Crippen LogP contribution >= 0.6 is 0 Å². The highest BCUT2D eigenvalue weighted by molar-refractivity contribution is 5.97. The van der Waals surface area contributed by atoms with Gasteiger partial charge in [-0.25, -0.2) is 0 Å². The smallest absolute Gasteiger partial charge is 0.270 e. The van der Waals surface area contributed by atoms with Crippen LogP contribution in [0.1, 0.15) is 56.5 Å². The van der Waals surface area contributed by atoms with Crippen LogP contribution in [0, 0.1) is 5.92 Å². The molecule has 1 saturated heterocycles. The molecule has 1 aliphatic heterocycles. The van der Waals surface area contributed by atoms with E-state index in [-0.39, 0.29) is 35.6 Å². The minimum Gasteiger partial charge on any atom is -0.492 e. The number of hydrogen-bond acceptors (Lipinski definition) is 6. The molecule has 2 aromatic heterocycles. The molecule has 1 saturated carbocycles. The fraction of sp³-hybridized carbons (Fsp3) is 0.565. The molecule has 2 aromatic rings. The quantitative estimate of drug-likeness (QED) is 0.633. The number of rotatable bonds is 6. The van der Waals surface area contributed by atoms with Crippen LogP contribution in [0.2, 0.25) is 0 Å². The standard InChI is InChI=1S/C23H31N5O5/c1-13(2)10-27-21-16(5-8-18(29)26-11-15(4)33-12-14(26)3)9-24-28(21)23(32)19(22(27)31)20(30)25-17-6-7-17/h5,8-9,13-15,17,32H,6-7,10-12H2,1-4H3,(H,25,30)/b8-5+/t14-,15+/m1/s1. The van der Waals surface area contributed by atoms with Gasteiger partial charge in [0, 0.05) is 30.8 Å². The van der Waals surface area contributed by atoms with Gasteiger partial charge in [-0.05, 0) is 38.7 Å². The number of amides is 2. The Hall–Kier alpha value is -3.14. The first-order chi connectivity index (χ1) is 15.7. The molecular weight excluding hydrogens is 426 g/mol.